The third-order valence-corrected chi connectivity index (χ3v) is 4.34. The molecule has 0 aliphatic heterocycles. The lowest BCUT2D eigenvalue weighted by Crippen LogP contribution is -2.36. The molecule has 2 aliphatic carbocycles. The third-order valence-electron chi connectivity index (χ3n) is 4.34. The molecule has 0 unspecified atom stereocenters. The fourth-order valence-corrected chi connectivity index (χ4v) is 3.19. The molecule has 0 N–H and O–H groups in total. The fraction of sp³-hybridized carbons (Fsp3) is 0.909. The van der Waals surface area contributed by atoms with Gasteiger partial charge in [-0.1, -0.05) is 13.8 Å². The quantitative estimate of drug-likeness (QED) is 0.541. The summed E-state index contributed by atoms with van der Waals surface area (Å²) >= 11 is 0. The zero-order valence-electron chi connectivity index (χ0n) is 8.10. The lowest BCUT2D eigenvalue weighted by atomic mass is 9.65. The molecule has 2 fully saturated rings. The van der Waals surface area contributed by atoms with Gasteiger partial charge in [-0.15, -0.1) is 0 Å². The maximum absolute atomic E-state index is 11.6. The molecule has 12 heavy (non-hydrogen) atoms. The predicted molar refractivity (Wildman–Crippen MR) is 48.9 cm³/mol. The van der Waals surface area contributed by atoms with Crippen molar-refractivity contribution in [2.24, 2.45) is 17.3 Å². The standard InChI is InChI=1S/C11H18O/c1-8-5-6-9-10(12)4-3-7-11(8,9)2/h8-9H,3-7H2,1-2H3/t8-,9-,11+/m1/s1. The predicted octanol–water partition coefficient (Wildman–Crippen LogP) is 2.79. The van der Waals surface area contributed by atoms with Crippen molar-refractivity contribution < 1.29 is 4.79 Å². The van der Waals surface area contributed by atoms with Gasteiger partial charge in [-0.3, -0.25) is 4.79 Å². The van der Waals surface area contributed by atoms with Gasteiger partial charge in [-0.2, -0.15) is 0 Å². The number of fused-ring (bicyclic) bond motifs is 1. The van der Waals surface area contributed by atoms with Gasteiger partial charge in [0.05, 0.1) is 0 Å². The Labute approximate surface area is 74.5 Å². The van der Waals surface area contributed by atoms with Crippen LogP contribution in [0.15, 0.2) is 0 Å². The lowest BCUT2D eigenvalue weighted by molar-refractivity contribution is -0.129. The van der Waals surface area contributed by atoms with Crippen LogP contribution in [0.2, 0.25) is 0 Å². The van der Waals surface area contributed by atoms with Crippen molar-refractivity contribution in [3.8, 4) is 0 Å². The summed E-state index contributed by atoms with van der Waals surface area (Å²) in [6.07, 6.45) is 5.71. The second kappa shape index (κ2) is 2.58. The molecule has 0 heterocycles. The maximum atomic E-state index is 11.6. The Balaban J connectivity index is 2.26. The Kier molecular flexibility index (Phi) is 1.78. The summed E-state index contributed by atoms with van der Waals surface area (Å²) in [7, 11) is 0. The first-order valence-corrected chi connectivity index (χ1v) is 5.17. The van der Waals surface area contributed by atoms with Gasteiger partial charge in [0.25, 0.3) is 0 Å². The van der Waals surface area contributed by atoms with Crippen LogP contribution in [0.1, 0.15) is 46.0 Å². The van der Waals surface area contributed by atoms with Crippen LogP contribution >= 0.6 is 0 Å². The molecular formula is C11H18O. The minimum absolute atomic E-state index is 0.370. The SMILES string of the molecule is C[C@@H]1CC[C@@H]2C(=O)CCC[C@@]12C. The van der Waals surface area contributed by atoms with Gasteiger partial charge in [-0.05, 0) is 37.0 Å². The van der Waals surface area contributed by atoms with Gasteiger partial charge < -0.3 is 0 Å². The monoisotopic (exact) mass is 166 g/mol. The maximum Gasteiger partial charge on any atom is 0.136 e. The minimum atomic E-state index is 0.370. The van der Waals surface area contributed by atoms with Crippen LogP contribution in [0, 0.1) is 17.3 Å². The number of rotatable bonds is 0. The average molecular weight is 166 g/mol. The number of carbonyl (C=O) groups excluding carboxylic acids is 1. The number of carbonyl (C=O) groups is 1. The van der Waals surface area contributed by atoms with Gasteiger partial charge in [0.1, 0.15) is 5.78 Å². The third kappa shape index (κ3) is 0.949. The van der Waals surface area contributed by atoms with Crippen LogP contribution in [0.3, 0.4) is 0 Å². The number of hydrogen-bond donors (Lipinski definition) is 0. The normalized spacial score (nSPS) is 47.7. The van der Waals surface area contributed by atoms with Crippen LogP contribution in [-0.4, -0.2) is 5.78 Å². The summed E-state index contributed by atoms with van der Waals surface area (Å²) in [5.74, 6) is 1.74. The van der Waals surface area contributed by atoms with Gasteiger partial charge in [-0.25, -0.2) is 0 Å². The molecule has 0 aromatic carbocycles. The molecule has 0 radical (unpaired) electrons. The zero-order valence-corrected chi connectivity index (χ0v) is 8.10. The Morgan fingerprint density at radius 2 is 2.17 bits per heavy atom. The molecule has 2 aliphatic rings. The highest BCUT2D eigenvalue weighted by atomic mass is 16.1. The molecule has 3 atom stereocenters. The van der Waals surface area contributed by atoms with Crippen LogP contribution in [-0.2, 0) is 4.79 Å². The molecule has 1 heteroatoms. The summed E-state index contributed by atoms with van der Waals surface area (Å²) in [5.41, 5.74) is 0.370. The molecule has 0 spiro atoms. The van der Waals surface area contributed by atoms with Crippen LogP contribution in [0.4, 0.5) is 0 Å². The van der Waals surface area contributed by atoms with Gasteiger partial charge in [0, 0.05) is 12.3 Å². The van der Waals surface area contributed by atoms with Gasteiger partial charge >= 0.3 is 0 Å². The van der Waals surface area contributed by atoms with Crippen LogP contribution < -0.4 is 0 Å². The van der Waals surface area contributed by atoms with E-state index in [4.69, 9.17) is 0 Å². The first-order valence-electron chi connectivity index (χ1n) is 5.17. The number of hydrogen-bond acceptors (Lipinski definition) is 1. The highest BCUT2D eigenvalue weighted by Gasteiger charge is 2.48. The summed E-state index contributed by atoms with van der Waals surface area (Å²) in [4.78, 5) is 11.6. The smallest absolute Gasteiger partial charge is 0.136 e. The summed E-state index contributed by atoms with van der Waals surface area (Å²) in [6.45, 7) is 4.64. The van der Waals surface area contributed by atoms with Crippen molar-refractivity contribution in [2.75, 3.05) is 0 Å². The highest BCUT2D eigenvalue weighted by Crippen LogP contribution is 2.53. The van der Waals surface area contributed by atoms with Crippen molar-refractivity contribution in [3.63, 3.8) is 0 Å². The second-order valence-corrected chi connectivity index (χ2v) is 4.86. The van der Waals surface area contributed by atoms with Gasteiger partial charge in [0.2, 0.25) is 0 Å². The van der Waals surface area contributed by atoms with E-state index in [-0.39, 0.29) is 0 Å². The van der Waals surface area contributed by atoms with E-state index in [1.54, 1.807) is 0 Å². The zero-order chi connectivity index (χ0) is 8.77. The number of ketones is 1. The molecule has 0 bridgehead atoms. The van der Waals surface area contributed by atoms with Crippen molar-refractivity contribution in [1.29, 1.82) is 0 Å². The van der Waals surface area contributed by atoms with Crippen molar-refractivity contribution in [3.05, 3.63) is 0 Å². The van der Waals surface area contributed by atoms with E-state index in [0.29, 0.717) is 17.1 Å². The van der Waals surface area contributed by atoms with E-state index in [1.165, 1.54) is 12.8 Å². The molecule has 0 aromatic heterocycles. The molecule has 1 nitrogen and oxygen atoms in total. The Morgan fingerprint density at radius 3 is 2.83 bits per heavy atom. The second-order valence-electron chi connectivity index (χ2n) is 4.86. The molecule has 2 saturated carbocycles. The Morgan fingerprint density at radius 1 is 1.42 bits per heavy atom. The summed E-state index contributed by atoms with van der Waals surface area (Å²) in [5, 5.41) is 0. The Bertz CT molecular complexity index is 209. The first kappa shape index (κ1) is 8.28. The van der Waals surface area contributed by atoms with Crippen LogP contribution in [0.25, 0.3) is 0 Å². The highest BCUT2D eigenvalue weighted by molar-refractivity contribution is 5.83. The Hall–Kier alpha value is -0.330. The van der Waals surface area contributed by atoms with Crippen LogP contribution in [0.5, 0.6) is 0 Å². The largest absolute Gasteiger partial charge is 0.299 e. The molecule has 0 amide bonds. The van der Waals surface area contributed by atoms with E-state index < -0.39 is 0 Å². The molecular weight excluding hydrogens is 148 g/mol. The topological polar surface area (TPSA) is 17.1 Å². The summed E-state index contributed by atoms with van der Waals surface area (Å²) < 4.78 is 0. The van der Waals surface area contributed by atoms with E-state index in [9.17, 15) is 4.79 Å². The minimum Gasteiger partial charge on any atom is -0.299 e. The van der Waals surface area contributed by atoms with E-state index in [1.807, 2.05) is 0 Å². The summed E-state index contributed by atoms with van der Waals surface area (Å²) in [6, 6.07) is 0. The van der Waals surface area contributed by atoms with Crippen molar-refractivity contribution in [1.82, 2.24) is 0 Å². The number of Topliss-reactive ketones (excluding diaryl/α,β-unsaturated/α-hetero) is 1. The van der Waals surface area contributed by atoms with E-state index >= 15 is 0 Å². The average Bonchev–Trinajstić information content (AvgIpc) is 2.30. The molecule has 2 rings (SSSR count). The van der Waals surface area contributed by atoms with Gasteiger partial charge in [0.15, 0.2) is 0 Å². The van der Waals surface area contributed by atoms with E-state index in [2.05, 4.69) is 13.8 Å². The van der Waals surface area contributed by atoms with E-state index in [0.717, 1.165) is 25.2 Å². The lowest BCUT2D eigenvalue weighted by Gasteiger charge is -2.38. The molecule has 0 saturated heterocycles. The van der Waals surface area contributed by atoms with Crippen molar-refractivity contribution in [2.45, 2.75) is 46.0 Å². The fourth-order valence-electron chi connectivity index (χ4n) is 3.19. The molecule has 68 valence electrons. The van der Waals surface area contributed by atoms with Crippen molar-refractivity contribution >= 4 is 5.78 Å². The first-order chi connectivity index (χ1) is 5.64. The molecule has 0 aromatic rings.